The van der Waals surface area contributed by atoms with E-state index in [-0.39, 0.29) is 12.2 Å². The topological polar surface area (TPSA) is 95.7 Å². The van der Waals surface area contributed by atoms with Crippen molar-refractivity contribution in [3.05, 3.63) is 27.8 Å². The average Bonchev–Trinajstić information content (AvgIpc) is 2.36. The van der Waals surface area contributed by atoms with Gasteiger partial charge in [-0.15, -0.1) is 0 Å². The molecule has 0 spiro atoms. The number of hydrogen-bond acceptors (Lipinski definition) is 4. The van der Waals surface area contributed by atoms with E-state index in [4.69, 9.17) is 5.11 Å². The van der Waals surface area contributed by atoms with Gasteiger partial charge in [0.15, 0.2) is 0 Å². The summed E-state index contributed by atoms with van der Waals surface area (Å²) in [4.78, 5) is 21.7. The second kappa shape index (κ2) is 6.50. The third-order valence-corrected chi connectivity index (χ3v) is 2.83. The molecule has 0 aliphatic carbocycles. The van der Waals surface area contributed by atoms with Crippen LogP contribution in [0.1, 0.15) is 18.9 Å². The zero-order valence-electron chi connectivity index (χ0n) is 11.8. The Morgan fingerprint density at radius 2 is 2.05 bits per heavy atom. The predicted octanol–water partition coefficient (Wildman–Crippen LogP) is 3.55. The SMILES string of the molecule is CCCN(C)c1cc(NC(=O)O)c([N+](=O)[O-])cc1C(F)(F)F. The molecule has 1 aromatic carbocycles. The largest absolute Gasteiger partial charge is 0.465 e. The quantitative estimate of drug-likeness (QED) is 0.638. The molecule has 7 nitrogen and oxygen atoms in total. The molecule has 0 saturated carbocycles. The second-order valence-corrected chi connectivity index (χ2v) is 4.49. The highest BCUT2D eigenvalue weighted by molar-refractivity contribution is 5.88. The van der Waals surface area contributed by atoms with Crippen molar-refractivity contribution in [2.45, 2.75) is 19.5 Å². The Morgan fingerprint density at radius 1 is 1.45 bits per heavy atom. The van der Waals surface area contributed by atoms with Crippen molar-refractivity contribution in [2.24, 2.45) is 0 Å². The summed E-state index contributed by atoms with van der Waals surface area (Å²) in [6, 6.07) is 1.16. The van der Waals surface area contributed by atoms with E-state index >= 15 is 0 Å². The van der Waals surface area contributed by atoms with Gasteiger partial charge in [0.25, 0.3) is 5.69 Å². The van der Waals surface area contributed by atoms with Gasteiger partial charge >= 0.3 is 12.3 Å². The van der Waals surface area contributed by atoms with Crippen LogP contribution in [0.25, 0.3) is 0 Å². The monoisotopic (exact) mass is 321 g/mol. The van der Waals surface area contributed by atoms with Gasteiger partial charge in [0, 0.05) is 19.7 Å². The molecule has 0 unspecified atom stereocenters. The number of amides is 1. The van der Waals surface area contributed by atoms with Crippen LogP contribution >= 0.6 is 0 Å². The number of carbonyl (C=O) groups is 1. The number of hydrogen-bond donors (Lipinski definition) is 2. The van der Waals surface area contributed by atoms with E-state index in [1.165, 1.54) is 11.9 Å². The molecule has 1 amide bonds. The molecule has 0 bridgehead atoms. The smallest absolute Gasteiger partial charge is 0.418 e. The molecule has 0 radical (unpaired) electrons. The maximum atomic E-state index is 13.1. The first-order chi connectivity index (χ1) is 10.1. The van der Waals surface area contributed by atoms with Gasteiger partial charge in [-0.3, -0.25) is 15.4 Å². The van der Waals surface area contributed by atoms with Crippen molar-refractivity contribution in [1.29, 1.82) is 0 Å². The second-order valence-electron chi connectivity index (χ2n) is 4.49. The van der Waals surface area contributed by atoms with E-state index in [0.29, 0.717) is 12.5 Å². The molecular weight excluding hydrogens is 307 g/mol. The minimum atomic E-state index is -4.80. The van der Waals surface area contributed by atoms with Crippen molar-refractivity contribution in [3.63, 3.8) is 0 Å². The van der Waals surface area contributed by atoms with Crippen LogP contribution in [0.4, 0.5) is 35.0 Å². The lowest BCUT2D eigenvalue weighted by atomic mass is 10.1. The Kier molecular flexibility index (Phi) is 5.18. The van der Waals surface area contributed by atoms with E-state index in [0.717, 1.165) is 6.07 Å². The molecule has 22 heavy (non-hydrogen) atoms. The van der Waals surface area contributed by atoms with Crippen molar-refractivity contribution in [1.82, 2.24) is 0 Å². The molecule has 0 aromatic heterocycles. The highest BCUT2D eigenvalue weighted by Gasteiger charge is 2.37. The summed E-state index contributed by atoms with van der Waals surface area (Å²) in [6.45, 7) is 2.03. The molecule has 0 aliphatic rings. The number of carboxylic acid groups (broad SMARTS) is 1. The Balaban J connectivity index is 3.57. The fraction of sp³-hybridized carbons (Fsp3) is 0.417. The average molecular weight is 321 g/mol. The first-order valence-electron chi connectivity index (χ1n) is 6.18. The van der Waals surface area contributed by atoms with E-state index < -0.39 is 34.1 Å². The van der Waals surface area contributed by atoms with Crippen LogP contribution in [-0.4, -0.2) is 29.7 Å². The molecule has 0 atom stereocenters. The van der Waals surface area contributed by atoms with Gasteiger partial charge in [0.1, 0.15) is 5.69 Å². The molecule has 122 valence electrons. The van der Waals surface area contributed by atoms with Gasteiger partial charge in [-0.25, -0.2) is 4.79 Å². The summed E-state index contributed by atoms with van der Waals surface area (Å²) >= 11 is 0. The molecule has 1 rings (SSSR count). The summed E-state index contributed by atoms with van der Waals surface area (Å²) in [5, 5.41) is 21.3. The fourth-order valence-electron chi connectivity index (χ4n) is 1.94. The maximum Gasteiger partial charge on any atom is 0.418 e. The number of anilines is 2. The molecule has 10 heteroatoms. The van der Waals surface area contributed by atoms with Gasteiger partial charge in [-0.2, -0.15) is 13.2 Å². The third kappa shape index (κ3) is 3.99. The molecule has 0 aliphatic heterocycles. The Bertz CT molecular complexity index is 590. The fourth-order valence-corrected chi connectivity index (χ4v) is 1.94. The molecule has 2 N–H and O–H groups in total. The lowest BCUT2D eigenvalue weighted by Crippen LogP contribution is -2.23. The number of nitro groups is 1. The normalized spacial score (nSPS) is 11.1. The number of nitro benzene ring substituents is 1. The Labute approximate surface area is 123 Å². The minimum absolute atomic E-state index is 0.271. The predicted molar refractivity (Wildman–Crippen MR) is 73.3 cm³/mol. The van der Waals surface area contributed by atoms with Crippen molar-refractivity contribution in [3.8, 4) is 0 Å². The first kappa shape index (κ1) is 17.5. The van der Waals surface area contributed by atoms with Gasteiger partial charge in [-0.05, 0) is 12.5 Å². The number of benzene rings is 1. The van der Waals surface area contributed by atoms with E-state index in [2.05, 4.69) is 0 Å². The maximum absolute atomic E-state index is 13.1. The molecular formula is C12H14F3N3O4. The zero-order valence-corrected chi connectivity index (χ0v) is 11.8. The summed E-state index contributed by atoms with van der Waals surface area (Å²) in [7, 11) is 1.39. The lowest BCUT2D eigenvalue weighted by Gasteiger charge is -2.23. The standard InChI is InChI=1S/C12H14F3N3O4/c1-3-4-17(2)9-6-8(16-11(19)20)10(18(21)22)5-7(9)12(13,14)15/h5-6,16H,3-4H2,1-2H3,(H,19,20). The van der Waals surface area contributed by atoms with Gasteiger partial charge in [0.2, 0.25) is 0 Å². The van der Waals surface area contributed by atoms with Gasteiger partial charge in [-0.1, -0.05) is 6.92 Å². The lowest BCUT2D eigenvalue weighted by molar-refractivity contribution is -0.384. The molecule has 0 saturated heterocycles. The summed E-state index contributed by atoms with van der Waals surface area (Å²) in [6.07, 6.45) is -5.86. The summed E-state index contributed by atoms with van der Waals surface area (Å²) in [5.41, 5.74) is -2.98. The Hall–Kier alpha value is -2.52. The van der Waals surface area contributed by atoms with Crippen LogP contribution in [0.3, 0.4) is 0 Å². The molecule has 1 aromatic rings. The highest BCUT2D eigenvalue weighted by Crippen LogP contribution is 2.41. The van der Waals surface area contributed by atoms with Crippen LogP contribution in [0.2, 0.25) is 0 Å². The van der Waals surface area contributed by atoms with Crippen molar-refractivity contribution in [2.75, 3.05) is 23.8 Å². The van der Waals surface area contributed by atoms with E-state index in [9.17, 15) is 28.1 Å². The number of nitrogens with zero attached hydrogens (tertiary/aromatic N) is 2. The number of rotatable bonds is 5. The molecule has 0 heterocycles. The number of halogens is 3. The van der Waals surface area contributed by atoms with Crippen LogP contribution < -0.4 is 10.2 Å². The Morgan fingerprint density at radius 3 is 2.45 bits per heavy atom. The highest BCUT2D eigenvalue weighted by atomic mass is 19.4. The van der Waals surface area contributed by atoms with E-state index in [1.807, 2.05) is 0 Å². The van der Waals surface area contributed by atoms with Gasteiger partial charge in [0.05, 0.1) is 16.2 Å². The number of alkyl halides is 3. The number of nitrogens with one attached hydrogen (secondary N) is 1. The van der Waals surface area contributed by atoms with Crippen molar-refractivity contribution < 1.29 is 28.0 Å². The van der Waals surface area contributed by atoms with Gasteiger partial charge < -0.3 is 10.0 Å². The zero-order chi connectivity index (χ0) is 17.1. The van der Waals surface area contributed by atoms with Crippen LogP contribution in [0, 0.1) is 10.1 Å². The van der Waals surface area contributed by atoms with E-state index in [1.54, 1.807) is 12.2 Å². The summed E-state index contributed by atoms with van der Waals surface area (Å²) in [5.74, 6) is 0. The first-order valence-corrected chi connectivity index (χ1v) is 6.18. The summed E-state index contributed by atoms with van der Waals surface area (Å²) < 4.78 is 39.3. The van der Waals surface area contributed by atoms with Crippen LogP contribution in [0.15, 0.2) is 12.1 Å². The third-order valence-electron chi connectivity index (χ3n) is 2.83. The van der Waals surface area contributed by atoms with Crippen LogP contribution in [0.5, 0.6) is 0 Å². The molecule has 0 fully saturated rings. The minimum Gasteiger partial charge on any atom is -0.465 e. The van der Waals surface area contributed by atoms with Crippen molar-refractivity contribution >= 4 is 23.2 Å². The van der Waals surface area contributed by atoms with Crippen LogP contribution in [-0.2, 0) is 6.18 Å².